The second-order valence-electron chi connectivity index (χ2n) is 5.51. The van der Waals surface area contributed by atoms with Crippen molar-refractivity contribution in [2.45, 2.75) is 38.8 Å². The second-order valence-corrected chi connectivity index (χ2v) is 5.91. The third-order valence-corrected chi connectivity index (χ3v) is 4.11. The van der Waals surface area contributed by atoms with Gasteiger partial charge in [0.15, 0.2) is 0 Å². The van der Waals surface area contributed by atoms with Gasteiger partial charge in [-0.2, -0.15) is 5.10 Å². The van der Waals surface area contributed by atoms with Crippen LogP contribution in [0.2, 0.25) is 5.02 Å². The van der Waals surface area contributed by atoms with E-state index in [0.717, 1.165) is 36.3 Å². The molecule has 4 heteroatoms. The third kappa shape index (κ3) is 3.41. The van der Waals surface area contributed by atoms with Crippen molar-refractivity contribution in [3.63, 3.8) is 0 Å². The average Bonchev–Trinajstić information content (AvgIpc) is 3.19. The van der Waals surface area contributed by atoms with Crippen LogP contribution in [0.3, 0.4) is 0 Å². The molecule has 1 fully saturated rings. The van der Waals surface area contributed by atoms with Crippen molar-refractivity contribution >= 4 is 11.6 Å². The zero-order valence-corrected chi connectivity index (χ0v) is 12.5. The van der Waals surface area contributed by atoms with E-state index >= 15 is 0 Å². The summed E-state index contributed by atoms with van der Waals surface area (Å²) in [4.78, 5) is 0. The van der Waals surface area contributed by atoms with Crippen molar-refractivity contribution < 1.29 is 0 Å². The maximum atomic E-state index is 6.07. The fourth-order valence-corrected chi connectivity index (χ4v) is 2.55. The number of rotatable bonds is 6. The van der Waals surface area contributed by atoms with Gasteiger partial charge < -0.3 is 5.32 Å². The van der Waals surface area contributed by atoms with Gasteiger partial charge in [-0.05, 0) is 43.9 Å². The molecule has 0 saturated heterocycles. The number of hydrogen-bond donors (Lipinski definition) is 1. The predicted molar refractivity (Wildman–Crippen MR) is 82.2 cm³/mol. The number of halogens is 1. The third-order valence-electron chi connectivity index (χ3n) is 3.74. The van der Waals surface area contributed by atoms with Gasteiger partial charge >= 0.3 is 0 Å². The fourth-order valence-electron chi connectivity index (χ4n) is 2.40. The second kappa shape index (κ2) is 5.98. The first kappa shape index (κ1) is 13.7. The smallest absolute Gasteiger partial charge is 0.0815 e. The maximum Gasteiger partial charge on any atom is 0.0815 e. The summed E-state index contributed by atoms with van der Waals surface area (Å²) in [7, 11) is 0. The van der Waals surface area contributed by atoms with Crippen molar-refractivity contribution in [3.8, 4) is 0 Å². The first-order valence-corrected chi connectivity index (χ1v) is 7.60. The summed E-state index contributed by atoms with van der Waals surface area (Å²) in [5, 5.41) is 8.73. The van der Waals surface area contributed by atoms with Gasteiger partial charge in [-0.25, -0.2) is 0 Å². The normalized spacial score (nSPS) is 14.7. The van der Waals surface area contributed by atoms with Crippen LogP contribution < -0.4 is 5.32 Å². The molecule has 0 amide bonds. The lowest BCUT2D eigenvalue weighted by molar-refractivity contribution is 0.656. The Morgan fingerprint density at radius 1 is 1.30 bits per heavy atom. The minimum Gasteiger partial charge on any atom is -0.314 e. The molecule has 1 aromatic carbocycles. The summed E-state index contributed by atoms with van der Waals surface area (Å²) in [6, 6.07) is 9.36. The Bertz CT molecular complexity index is 568. The lowest BCUT2D eigenvalue weighted by atomic mass is 10.0. The van der Waals surface area contributed by atoms with Gasteiger partial charge in [0.2, 0.25) is 0 Å². The molecule has 0 bridgehead atoms. The van der Waals surface area contributed by atoms with Crippen molar-refractivity contribution in [2.75, 3.05) is 6.54 Å². The van der Waals surface area contributed by atoms with E-state index in [4.69, 9.17) is 11.6 Å². The molecule has 0 atom stereocenters. The van der Waals surface area contributed by atoms with E-state index in [2.05, 4.69) is 34.7 Å². The largest absolute Gasteiger partial charge is 0.314 e. The molecule has 106 valence electrons. The molecule has 1 heterocycles. The molecular weight excluding hydrogens is 270 g/mol. The molecule has 2 aromatic rings. The molecule has 0 radical (unpaired) electrons. The summed E-state index contributed by atoms with van der Waals surface area (Å²) < 4.78 is 1.92. The van der Waals surface area contributed by atoms with E-state index in [1.165, 1.54) is 24.0 Å². The number of hydrogen-bond acceptors (Lipinski definition) is 2. The van der Waals surface area contributed by atoms with Crippen LogP contribution in [0.25, 0.3) is 0 Å². The molecule has 0 spiro atoms. The molecule has 0 unspecified atom stereocenters. The number of aryl methyl sites for hydroxylation is 1. The SMILES string of the molecule is Cc1nn(Cc2ccccc2CCNC2CC2)cc1Cl. The Morgan fingerprint density at radius 3 is 2.70 bits per heavy atom. The number of aromatic nitrogens is 2. The Hall–Kier alpha value is -1.32. The van der Waals surface area contributed by atoms with E-state index in [-0.39, 0.29) is 0 Å². The molecule has 3 rings (SSSR count). The van der Waals surface area contributed by atoms with Crippen LogP contribution in [-0.2, 0) is 13.0 Å². The van der Waals surface area contributed by atoms with E-state index in [1.54, 1.807) is 0 Å². The maximum absolute atomic E-state index is 6.07. The van der Waals surface area contributed by atoms with Crippen molar-refractivity contribution in [1.82, 2.24) is 15.1 Å². The van der Waals surface area contributed by atoms with Crippen molar-refractivity contribution in [3.05, 3.63) is 52.3 Å². The minimum atomic E-state index is 0.734. The summed E-state index contributed by atoms with van der Waals surface area (Å²) in [5.41, 5.74) is 3.61. The van der Waals surface area contributed by atoms with Crippen molar-refractivity contribution in [2.24, 2.45) is 0 Å². The predicted octanol–water partition coefficient (Wildman–Crippen LogP) is 3.19. The molecule has 20 heavy (non-hydrogen) atoms. The van der Waals surface area contributed by atoms with Crippen LogP contribution >= 0.6 is 11.6 Å². The number of nitrogens with one attached hydrogen (secondary N) is 1. The van der Waals surface area contributed by atoms with Gasteiger partial charge in [0.1, 0.15) is 0 Å². The topological polar surface area (TPSA) is 29.9 Å². The quantitative estimate of drug-likeness (QED) is 0.885. The highest BCUT2D eigenvalue weighted by molar-refractivity contribution is 6.31. The highest BCUT2D eigenvalue weighted by Crippen LogP contribution is 2.19. The summed E-state index contributed by atoms with van der Waals surface area (Å²) in [6.07, 6.45) is 5.65. The average molecular weight is 290 g/mol. The van der Waals surface area contributed by atoms with Crippen LogP contribution in [0.1, 0.15) is 29.7 Å². The zero-order valence-electron chi connectivity index (χ0n) is 11.8. The summed E-state index contributed by atoms with van der Waals surface area (Å²) >= 11 is 6.07. The van der Waals surface area contributed by atoms with E-state index < -0.39 is 0 Å². The van der Waals surface area contributed by atoms with Gasteiger partial charge in [0.25, 0.3) is 0 Å². The van der Waals surface area contributed by atoms with Crippen LogP contribution in [0.5, 0.6) is 0 Å². The number of benzene rings is 1. The minimum absolute atomic E-state index is 0.734. The van der Waals surface area contributed by atoms with Gasteiger partial charge in [-0.15, -0.1) is 0 Å². The van der Waals surface area contributed by atoms with Crippen LogP contribution in [-0.4, -0.2) is 22.4 Å². The first-order valence-electron chi connectivity index (χ1n) is 7.22. The monoisotopic (exact) mass is 289 g/mol. The van der Waals surface area contributed by atoms with Crippen LogP contribution in [0.4, 0.5) is 0 Å². The highest BCUT2D eigenvalue weighted by atomic mass is 35.5. The Morgan fingerprint density at radius 2 is 2.05 bits per heavy atom. The summed E-state index contributed by atoms with van der Waals surface area (Å²) in [6.45, 7) is 3.78. The number of nitrogens with zero attached hydrogens (tertiary/aromatic N) is 2. The molecular formula is C16H20ClN3. The van der Waals surface area contributed by atoms with Crippen molar-refractivity contribution in [1.29, 1.82) is 0 Å². The first-order chi connectivity index (χ1) is 9.72. The Kier molecular flexibility index (Phi) is 4.08. The molecule has 1 aliphatic carbocycles. The molecule has 1 aromatic heterocycles. The van der Waals surface area contributed by atoms with E-state index in [0.29, 0.717) is 0 Å². The lowest BCUT2D eigenvalue weighted by Gasteiger charge is -2.10. The Labute approximate surface area is 124 Å². The molecule has 1 aliphatic rings. The van der Waals surface area contributed by atoms with Crippen LogP contribution in [0.15, 0.2) is 30.5 Å². The lowest BCUT2D eigenvalue weighted by Crippen LogP contribution is -2.20. The molecule has 1 N–H and O–H groups in total. The Balaban J connectivity index is 1.67. The van der Waals surface area contributed by atoms with Gasteiger partial charge in [-0.3, -0.25) is 4.68 Å². The zero-order chi connectivity index (χ0) is 13.9. The van der Waals surface area contributed by atoms with Gasteiger partial charge in [0.05, 0.1) is 17.3 Å². The highest BCUT2D eigenvalue weighted by Gasteiger charge is 2.19. The molecule has 1 saturated carbocycles. The van der Waals surface area contributed by atoms with E-state index in [1.807, 2.05) is 17.8 Å². The fraction of sp³-hybridized carbons (Fsp3) is 0.438. The standard InChI is InChI=1S/C16H20ClN3/c1-12-16(17)11-20(19-12)10-14-5-3-2-4-13(14)8-9-18-15-6-7-15/h2-5,11,15,18H,6-10H2,1H3. The summed E-state index contributed by atoms with van der Waals surface area (Å²) in [5.74, 6) is 0. The molecule has 0 aliphatic heterocycles. The molecule has 3 nitrogen and oxygen atoms in total. The van der Waals surface area contributed by atoms with Gasteiger partial charge in [0, 0.05) is 12.2 Å². The van der Waals surface area contributed by atoms with Gasteiger partial charge in [-0.1, -0.05) is 35.9 Å². The van der Waals surface area contributed by atoms with E-state index in [9.17, 15) is 0 Å². The van der Waals surface area contributed by atoms with Crippen LogP contribution in [0, 0.1) is 6.92 Å².